The van der Waals surface area contributed by atoms with Crippen LogP contribution in [0.1, 0.15) is 18.1 Å². The number of aromatic nitrogens is 1. The molecule has 5 nitrogen and oxygen atoms in total. The lowest BCUT2D eigenvalue weighted by Crippen LogP contribution is -2.41. The highest BCUT2D eigenvalue weighted by Gasteiger charge is 2.50. The molecule has 1 aliphatic heterocycles. The number of carbonyl (C=O) groups is 2. The second-order valence-corrected chi connectivity index (χ2v) is 7.06. The Morgan fingerprint density at radius 2 is 1.89 bits per heavy atom. The molecule has 142 valence electrons. The molecule has 1 fully saturated rings. The van der Waals surface area contributed by atoms with Crippen molar-refractivity contribution >= 4 is 34.4 Å². The van der Waals surface area contributed by atoms with Gasteiger partial charge in [-0.15, -0.1) is 0 Å². The second-order valence-electron chi connectivity index (χ2n) is 6.70. The van der Waals surface area contributed by atoms with Gasteiger partial charge in [-0.25, -0.2) is 18.6 Å². The third-order valence-electron chi connectivity index (χ3n) is 4.82. The molecule has 1 saturated heterocycles. The molecule has 2 aromatic carbocycles. The SMILES string of the molecule is CC1(c2ccc(F)cc2F)NC(=O)N(Cc2cc3ccccc3nc2Cl)C1=O. The number of urea groups is 1. The number of nitrogens with zero attached hydrogens (tertiary/aromatic N) is 2. The molecular weight excluding hydrogens is 388 g/mol. The van der Waals surface area contributed by atoms with Crippen molar-refractivity contribution in [3.63, 3.8) is 0 Å². The van der Waals surface area contributed by atoms with Crippen molar-refractivity contribution in [1.29, 1.82) is 0 Å². The molecule has 0 radical (unpaired) electrons. The summed E-state index contributed by atoms with van der Waals surface area (Å²) in [4.78, 5) is 30.7. The van der Waals surface area contributed by atoms with Crippen LogP contribution in [-0.4, -0.2) is 21.8 Å². The third kappa shape index (κ3) is 2.88. The average molecular weight is 402 g/mol. The molecule has 3 amide bonds. The second kappa shape index (κ2) is 6.53. The van der Waals surface area contributed by atoms with Crippen LogP contribution in [0.15, 0.2) is 48.5 Å². The summed E-state index contributed by atoms with van der Waals surface area (Å²) in [5.74, 6) is -2.34. The maximum atomic E-state index is 14.2. The molecule has 28 heavy (non-hydrogen) atoms. The summed E-state index contributed by atoms with van der Waals surface area (Å²) in [5.41, 5.74) is -0.595. The number of amides is 3. The highest BCUT2D eigenvalue weighted by molar-refractivity contribution is 6.30. The fourth-order valence-electron chi connectivity index (χ4n) is 3.34. The monoisotopic (exact) mass is 401 g/mol. The predicted octanol–water partition coefficient (Wildman–Crippen LogP) is 4.13. The van der Waals surface area contributed by atoms with E-state index < -0.39 is 29.1 Å². The van der Waals surface area contributed by atoms with Crippen LogP contribution in [0.5, 0.6) is 0 Å². The maximum Gasteiger partial charge on any atom is 0.325 e. The number of para-hydroxylation sites is 1. The zero-order chi connectivity index (χ0) is 20.1. The van der Waals surface area contributed by atoms with Crippen LogP contribution < -0.4 is 5.32 Å². The van der Waals surface area contributed by atoms with E-state index in [1.807, 2.05) is 18.2 Å². The third-order valence-corrected chi connectivity index (χ3v) is 5.15. The van der Waals surface area contributed by atoms with Gasteiger partial charge in [0.2, 0.25) is 0 Å². The van der Waals surface area contributed by atoms with Crippen molar-refractivity contribution < 1.29 is 18.4 Å². The maximum absolute atomic E-state index is 14.2. The van der Waals surface area contributed by atoms with Gasteiger partial charge in [0.15, 0.2) is 0 Å². The van der Waals surface area contributed by atoms with Crippen LogP contribution in [0.4, 0.5) is 13.6 Å². The number of rotatable bonds is 3. The average Bonchev–Trinajstić information content (AvgIpc) is 2.86. The van der Waals surface area contributed by atoms with Gasteiger partial charge in [0.1, 0.15) is 22.3 Å². The topological polar surface area (TPSA) is 62.3 Å². The summed E-state index contributed by atoms with van der Waals surface area (Å²) in [5, 5.41) is 3.47. The minimum Gasteiger partial charge on any atom is -0.319 e. The first-order valence-electron chi connectivity index (χ1n) is 8.43. The molecule has 1 atom stereocenters. The molecule has 0 bridgehead atoms. The van der Waals surface area contributed by atoms with E-state index in [1.54, 1.807) is 12.1 Å². The van der Waals surface area contributed by atoms with E-state index in [4.69, 9.17) is 11.6 Å². The fourth-order valence-corrected chi connectivity index (χ4v) is 3.54. The number of carbonyl (C=O) groups excluding carboxylic acids is 2. The molecular formula is C20H14ClF2N3O2. The van der Waals surface area contributed by atoms with E-state index >= 15 is 0 Å². The first-order valence-corrected chi connectivity index (χ1v) is 8.81. The van der Waals surface area contributed by atoms with Gasteiger partial charge in [0, 0.05) is 22.6 Å². The highest BCUT2D eigenvalue weighted by Crippen LogP contribution is 2.32. The Bertz CT molecular complexity index is 1140. The Kier molecular flexibility index (Phi) is 4.27. The van der Waals surface area contributed by atoms with Gasteiger partial charge in [0.25, 0.3) is 5.91 Å². The van der Waals surface area contributed by atoms with Crippen LogP contribution in [0.25, 0.3) is 10.9 Å². The Morgan fingerprint density at radius 1 is 1.14 bits per heavy atom. The van der Waals surface area contributed by atoms with Crippen LogP contribution in [0.3, 0.4) is 0 Å². The van der Waals surface area contributed by atoms with Crippen molar-refractivity contribution in [1.82, 2.24) is 15.2 Å². The van der Waals surface area contributed by atoms with Crippen LogP contribution in [0, 0.1) is 11.6 Å². The van der Waals surface area contributed by atoms with Crippen molar-refractivity contribution in [2.45, 2.75) is 19.0 Å². The van der Waals surface area contributed by atoms with Crippen LogP contribution >= 0.6 is 11.6 Å². The van der Waals surface area contributed by atoms with Gasteiger partial charge < -0.3 is 5.32 Å². The van der Waals surface area contributed by atoms with Crippen molar-refractivity contribution in [2.24, 2.45) is 0 Å². The lowest BCUT2D eigenvalue weighted by Gasteiger charge is -2.23. The molecule has 1 aliphatic rings. The lowest BCUT2D eigenvalue weighted by atomic mass is 9.91. The normalized spacial score (nSPS) is 19.4. The van der Waals surface area contributed by atoms with Gasteiger partial charge in [-0.1, -0.05) is 35.9 Å². The number of hydrogen-bond donors (Lipinski definition) is 1. The number of benzene rings is 2. The van der Waals surface area contributed by atoms with Crippen molar-refractivity contribution in [2.75, 3.05) is 0 Å². The van der Waals surface area contributed by atoms with Crippen LogP contribution in [-0.2, 0) is 16.9 Å². The Balaban J connectivity index is 1.69. The number of fused-ring (bicyclic) bond motifs is 1. The number of nitrogens with one attached hydrogen (secondary N) is 1. The molecule has 0 spiro atoms. The summed E-state index contributed by atoms with van der Waals surface area (Å²) >= 11 is 6.23. The Labute approximate surface area is 163 Å². The molecule has 3 aromatic rings. The van der Waals surface area contributed by atoms with Gasteiger partial charge in [-0.2, -0.15) is 0 Å². The summed E-state index contributed by atoms with van der Waals surface area (Å²) in [7, 11) is 0. The molecule has 0 saturated carbocycles. The summed E-state index contributed by atoms with van der Waals surface area (Å²) in [6.07, 6.45) is 0. The summed E-state index contributed by atoms with van der Waals surface area (Å²) < 4.78 is 27.5. The molecule has 1 N–H and O–H groups in total. The number of halogens is 3. The zero-order valence-corrected chi connectivity index (χ0v) is 15.4. The van der Waals surface area contributed by atoms with E-state index in [9.17, 15) is 18.4 Å². The van der Waals surface area contributed by atoms with Crippen molar-refractivity contribution in [3.05, 3.63) is 76.4 Å². The first-order chi connectivity index (χ1) is 13.3. The minimum absolute atomic E-state index is 0.113. The minimum atomic E-state index is -1.65. The fraction of sp³-hybridized carbons (Fsp3) is 0.150. The van der Waals surface area contributed by atoms with E-state index in [0.29, 0.717) is 17.1 Å². The number of imide groups is 1. The van der Waals surface area contributed by atoms with Gasteiger partial charge in [-0.3, -0.25) is 9.69 Å². The lowest BCUT2D eigenvalue weighted by molar-refractivity contribution is -0.131. The van der Waals surface area contributed by atoms with Gasteiger partial charge in [-0.05, 0) is 25.1 Å². The smallest absolute Gasteiger partial charge is 0.319 e. The van der Waals surface area contributed by atoms with E-state index in [-0.39, 0.29) is 17.3 Å². The quantitative estimate of drug-likeness (QED) is 0.530. The molecule has 1 unspecified atom stereocenters. The van der Waals surface area contributed by atoms with Crippen LogP contribution in [0.2, 0.25) is 5.15 Å². The highest BCUT2D eigenvalue weighted by atomic mass is 35.5. The molecule has 4 rings (SSSR count). The summed E-state index contributed by atoms with van der Waals surface area (Å²) in [6, 6.07) is 11.2. The van der Waals surface area contributed by atoms with Gasteiger partial charge >= 0.3 is 6.03 Å². The molecule has 0 aliphatic carbocycles. The molecule has 8 heteroatoms. The Morgan fingerprint density at radius 3 is 2.64 bits per heavy atom. The summed E-state index contributed by atoms with van der Waals surface area (Å²) in [6.45, 7) is 1.25. The molecule has 1 aromatic heterocycles. The van der Waals surface area contributed by atoms with E-state index in [0.717, 1.165) is 22.4 Å². The van der Waals surface area contributed by atoms with E-state index in [1.165, 1.54) is 6.92 Å². The van der Waals surface area contributed by atoms with Gasteiger partial charge in [0.05, 0.1) is 12.1 Å². The first kappa shape index (κ1) is 18.3. The largest absolute Gasteiger partial charge is 0.325 e. The molecule has 2 heterocycles. The number of pyridine rings is 1. The standard InChI is InChI=1S/C20H14ClF2N3O2/c1-20(14-7-6-13(22)9-15(14)23)18(27)26(19(28)25-20)10-12-8-11-4-2-3-5-16(11)24-17(12)21/h2-9H,10H2,1H3,(H,25,28). The number of hydrogen-bond acceptors (Lipinski definition) is 3. The Hall–Kier alpha value is -3.06. The zero-order valence-electron chi connectivity index (χ0n) is 14.7. The van der Waals surface area contributed by atoms with E-state index in [2.05, 4.69) is 10.3 Å². The predicted molar refractivity (Wildman–Crippen MR) is 99.5 cm³/mol. The van der Waals surface area contributed by atoms with Crippen molar-refractivity contribution in [3.8, 4) is 0 Å².